The fraction of sp³-hybridized carbons (Fsp3) is 0.857. The van der Waals surface area contributed by atoms with Gasteiger partial charge in [-0.25, -0.2) is 9.59 Å². The maximum atomic E-state index is 12.4. The molecule has 20 heavy (non-hydrogen) atoms. The number of amides is 2. The van der Waals surface area contributed by atoms with E-state index in [1.54, 1.807) is 4.90 Å². The lowest BCUT2D eigenvalue weighted by molar-refractivity contribution is -0.145. The zero-order chi connectivity index (χ0) is 14.6. The summed E-state index contributed by atoms with van der Waals surface area (Å²) < 4.78 is 0. The number of hydrogen-bond donors (Lipinski definition) is 2. The van der Waals surface area contributed by atoms with E-state index < -0.39 is 11.5 Å². The Morgan fingerprint density at radius 3 is 2.45 bits per heavy atom. The van der Waals surface area contributed by atoms with Crippen LogP contribution in [0.4, 0.5) is 4.79 Å². The SMILES string of the molecule is CC1CN(C(=O)NC2(C(=O)O)CCCCCC2)CCS1. The van der Waals surface area contributed by atoms with E-state index in [2.05, 4.69) is 12.2 Å². The van der Waals surface area contributed by atoms with Crippen LogP contribution in [0, 0.1) is 0 Å². The molecule has 1 heterocycles. The van der Waals surface area contributed by atoms with Crippen molar-refractivity contribution in [2.75, 3.05) is 18.8 Å². The number of carboxylic acids is 1. The number of nitrogens with one attached hydrogen (secondary N) is 1. The standard InChI is InChI=1S/C14H24N2O3S/c1-11-10-16(8-9-20-11)13(19)15-14(12(17)18)6-4-2-3-5-7-14/h11H,2-10H2,1H3,(H,15,19)(H,17,18). The van der Waals surface area contributed by atoms with Gasteiger partial charge in [0.2, 0.25) is 0 Å². The van der Waals surface area contributed by atoms with E-state index in [0.717, 1.165) is 31.4 Å². The molecule has 1 aliphatic carbocycles. The molecule has 5 nitrogen and oxygen atoms in total. The number of carbonyl (C=O) groups excluding carboxylic acids is 1. The summed E-state index contributed by atoms with van der Waals surface area (Å²) in [6, 6.07) is -0.207. The number of carbonyl (C=O) groups is 2. The highest BCUT2D eigenvalue weighted by atomic mass is 32.2. The molecule has 2 rings (SSSR count). The Hall–Kier alpha value is -0.910. The number of thioether (sulfide) groups is 1. The number of carboxylic acid groups (broad SMARTS) is 1. The molecule has 0 bridgehead atoms. The second-order valence-electron chi connectivity index (χ2n) is 5.86. The predicted octanol–water partition coefficient (Wildman–Crippen LogP) is 2.31. The molecule has 0 aromatic carbocycles. The smallest absolute Gasteiger partial charge is 0.329 e. The van der Waals surface area contributed by atoms with Crippen LogP contribution in [0.3, 0.4) is 0 Å². The topological polar surface area (TPSA) is 69.6 Å². The van der Waals surface area contributed by atoms with Crippen molar-refractivity contribution >= 4 is 23.8 Å². The van der Waals surface area contributed by atoms with Crippen molar-refractivity contribution in [3.05, 3.63) is 0 Å². The third kappa shape index (κ3) is 3.59. The van der Waals surface area contributed by atoms with Crippen molar-refractivity contribution in [3.63, 3.8) is 0 Å². The zero-order valence-corrected chi connectivity index (χ0v) is 12.9. The first kappa shape index (κ1) is 15.5. The fourth-order valence-corrected chi connectivity index (χ4v) is 4.02. The molecule has 0 radical (unpaired) electrons. The Kier molecular flexibility index (Phi) is 5.18. The Labute approximate surface area is 124 Å². The van der Waals surface area contributed by atoms with Crippen LogP contribution < -0.4 is 5.32 Å². The van der Waals surface area contributed by atoms with Gasteiger partial charge in [0.25, 0.3) is 0 Å². The molecule has 6 heteroatoms. The van der Waals surface area contributed by atoms with Crippen molar-refractivity contribution in [2.45, 2.75) is 56.2 Å². The van der Waals surface area contributed by atoms with Crippen LogP contribution in [0.2, 0.25) is 0 Å². The molecule has 1 saturated heterocycles. The van der Waals surface area contributed by atoms with Gasteiger partial charge in [-0.15, -0.1) is 0 Å². The predicted molar refractivity (Wildman–Crippen MR) is 80.1 cm³/mol. The van der Waals surface area contributed by atoms with E-state index in [9.17, 15) is 14.7 Å². The van der Waals surface area contributed by atoms with Crippen molar-refractivity contribution in [2.24, 2.45) is 0 Å². The minimum absolute atomic E-state index is 0.207. The van der Waals surface area contributed by atoms with E-state index >= 15 is 0 Å². The Morgan fingerprint density at radius 1 is 1.25 bits per heavy atom. The second kappa shape index (κ2) is 6.70. The molecule has 0 aromatic rings. The molecule has 1 saturated carbocycles. The van der Waals surface area contributed by atoms with E-state index in [1.807, 2.05) is 11.8 Å². The third-order valence-electron chi connectivity index (χ3n) is 4.24. The number of aliphatic carboxylic acids is 1. The molecule has 2 N–H and O–H groups in total. The molecular formula is C14H24N2O3S. The van der Waals surface area contributed by atoms with Crippen LogP contribution in [0.15, 0.2) is 0 Å². The molecular weight excluding hydrogens is 276 g/mol. The molecule has 114 valence electrons. The number of hydrogen-bond acceptors (Lipinski definition) is 3. The van der Waals surface area contributed by atoms with Crippen LogP contribution in [-0.4, -0.2) is 51.6 Å². The summed E-state index contributed by atoms with van der Waals surface area (Å²) in [4.78, 5) is 25.8. The minimum atomic E-state index is -1.05. The Bertz CT molecular complexity index is 367. The van der Waals surface area contributed by atoms with Gasteiger partial charge in [-0.05, 0) is 12.8 Å². The van der Waals surface area contributed by atoms with Gasteiger partial charge in [0.1, 0.15) is 5.54 Å². The summed E-state index contributed by atoms with van der Waals surface area (Å²) in [5, 5.41) is 12.8. The number of rotatable bonds is 2. The first-order valence-electron chi connectivity index (χ1n) is 7.46. The molecule has 2 amide bonds. The highest BCUT2D eigenvalue weighted by molar-refractivity contribution is 7.99. The normalized spacial score (nSPS) is 26.6. The van der Waals surface area contributed by atoms with Crippen LogP contribution in [0.25, 0.3) is 0 Å². The quantitative estimate of drug-likeness (QED) is 0.768. The van der Waals surface area contributed by atoms with Crippen LogP contribution >= 0.6 is 11.8 Å². The molecule has 1 unspecified atom stereocenters. The lowest BCUT2D eigenvalue weighted by Crippen LogP contribution is -2.59. The molecule has 1 aliphatic heterocycles. The van der Waals surface area contributed by atoms with Gasteiger partial charge >= 0.3 is 12.0 Å². The minimum Gasteiger partial charge on any atom is -0.480 e. The Morgan fingerprint density at radius 2 is 1.90 bits per heavy atom. The fourth-order valence-electron chi connectivity index (χ4n) is 3.01. The summed E-state index contributed by atoms with van der Waals surface area (Å²) in [5.41, 5.74) is -1.05. The van der Waals surface area contributed by atoms with Crippen molar-refractivity contribution in [3.8, 4) is 0 Å². The second-order valence-corrected chi connectivity index (χ2v) is 7.41. The lowest BCUT2D eigenvalue weighted by atomic mass is 9.90. The molecule has 1 atom stereocenters. The van der Waals surface area contributed by atoms with Gasteiger partial charge < -0.3 is 15.3 Å². The lowest BCUT2D eigenvalue weighted by Gasteiger charge is -2.35. The third-order valence-corrected chi connectivity index (χ3v) is 5.38. The molecule has 0 spiro atoms. The van der Waals surface area contributed by atoms with Gasteiger partial charge in [-0.2, -0.15) is 11.8 Å². The first-order valence-corrected chi connectivity index (χ1v) is 8.50. The van der Waals surface area contributed by atoms with Gasteiger partial charge in [0, 0.05) is 24.1 Å². The highest BCUT2D eigenvalue weighted by Gasteiger charge is 2.41. The van der Waals surface area contributed by atoms with Crippen molar-refractivity contribution in [1.29, 1.82) is 0 Å². The van der Waals surface area contributed by atoms with E-state index in [-0.39, 0.29) is 6.03 Å². The summed E-state index contributed by atoms with van der Waals surface area (Å²) in [6.45, 7) is 3.51. The van der Waals surface area contributed by atoms with Gasteiger partial charge in [-0.1, -0.05) is 32.6 Å². The monoisotopic (exact) mass is 300 g/mol. The molecule has 2 aliphatic rings. The van der Waals surface area contributed by atoms with E-state index in [0.29, 0.717) is 31.2 Å². The number of urea groups is 1. The summed E-state index contributed by atoms with van der Waals surface area (Å²) in [5.74, 6) is 0.0430. The van der Waals surface area contributed by atoms with Crippen molar-refractivity contribution in [1.82, 2.24) is 10.2 Å². The van der Waals surface area contributed by atoms with Crippen LogP contribution in [-0.2, 0) is 4.79 Å². The number of nitrogens with zero attached hydrogens (tertiary/aromatic N) is 1. The largest absolute Gasteiger partial charge is 0.480 e. The van der Waals surface area contributed by atoms with E-state index in [4.69, 9.17) is 0 Å². The Balaban J connectivity index is 2.03. The first-order chi connectivity index (χ1) is 9.53. The maximum absolute atomic E-state index is 12.4. The van der Waals surface area contributed by atoms with Crippen LogP contribution in [0.1, 0.15) is 45.4 Å². The summed E-state index contributed by atoms with van der Waals surface area (Å²) >= 11 is 1.86. The molecule has 2 fully saturated rings. The summed E-state index contributed by atoms with van der Waals surface area (Å²) in [7, 11) is 0. The van der Waals surface area contributed by atoms with Gasteiger partial charge in [0.15, 0.2) is 0 Å². The zero-order valence-electron chi connectivity index (χ0n) is 12.1. The van der Waals surface area contributed by atoms with Crippen LogP contribution in [0.5, 0.6) is 0 Å². The maximum Gasteiger partial charge on any atom is 0.329 e. The average molecular weight is 300 g/mol. The van der Waals surface area contributed by atoms with Gasteiger partial charge in [-0.3, -0.25) is 0 Å². The summed E-state index contributed by atoms with van der Waals surface area (Å²) in [6.07, 6.45) is 4.96. The van der Waals surface area contributed by atoms with Crippen molar-refractivity contribution < 1.29 is 14.7 Å². The highest BCUT2D eigenvalue weighted by Crippen LogP contribution is 2.28. The average Bonchev–Trinajstić information content (AvgIpc) is 2.65. The molecule has 0 aromatic heterocycles. The van der Waals surface area contributed by atoms with E-state index in [1.165, 1.54) is 0 Å². The van der Waals surface area contributed by atoms with Gasteiger partial charge in [0.05, 0.1) is 0 Å².